The Bertz CT molecular complexity index is 754. The second-order valence-electron chi connectivity index (χ2n) is 4.88. The van der Waals surface area contributed by atoms with Crippen molar-refractivity contribution in [1.82, 2.24) is 15.3 Å². The van der Waals surface area contributed by atoms with E-state index in [1.54, 1.807) is 18.3 Å². The summed E-state index contributed by atoms with van der Waals surface area (Å²) in [6, 6.07) is 8.90. The second kappa shape index (κ2) is 6.37. The molecule has 0 unspecified atom stereocenters. The molecule has 3 nitrogen and oxygen atoms in total. The Morgan fingerprint density at radius 3 is 2.95 bits per heavy atom. The van der Waals surface area contributed by atoms with E-state index in [1.807, 2.05) is 12.3 Å². The lowest BCUT2D eigenvalue weighted by atomic mass is 10.1. The number of rotatable bonds is 5. The zero-order chi connectivity index (χ0) is 14.7. The van der Waals surface area contributed by atoms with Crippen molar-refractivity contribution in [3.05, 3.63) is 64.1 Å². The van der Waals surface area contributed by atoms with Crippen molar-refractivity contribution in [3.8, 4) is 0 Å². The molecule has 1 aromatic carbocycles. The SMILES string of the molecule is Fc1ccccc1CNCCc1c[nH]c2ncc(Br)cc12. The van der Waals surface area contributed by atoms with Gasteiger partial charge in [0, 0.05) is 34.4 Å². The predicted molar refractivity (Wildman–Crippen MR) is 85.6 cm³/mol. The number of fused-ring (bicyclic) bond motifs is 1. The highest BCUT2D eigenvalue weighted by Crippen LogP contribution is 2.20. The van der Waals surface area contributed by atoms with E-state index in [4.69, 9.17) is 0 Å². The number of benzene rings is 1. The highest BCUT2D eigenvalue weighted by Gasteiger charge is 2.05. The topological polar surface area (TPSA) is 40.7 Å². The Kier molecular flexibility index (Phi) is 4.31. The van der Waals surface area contributed by atoms with E-state index < -0.39 is 0 Å². The summed E-state index contributed by atoms with van der Waals surface area (Å²) in [5, 5.41) is 4.40. The lowest BCUT2D eigenvalue weighted by Crippen LogP contribution is -2.17. The van der Waals surface area contributed by atoms with Gasteiger partial charge < -0.3 is 10.3 Å². The maximum atomic E-state index is 13.5. The molecule has 2 N–H and O–H groups in total. The molecule has 0 bridgehead atoms. The molecular weight excluding hydrogens is 333 g/mol. The number of halogens is 2. The van der Waals surface area contributed by atoms with Gasteiger partial charge in [-0.3, -0.25) is 0 Å². The van der Waals surface area contributed by atoms with Gasteiger partial charge in [-0.2, -0.15) is 0 Å². The molecule has 0 saturated carbocycles. The minimum Gasteiger partial charge on any atom is -0.346 e. The zero-order valence-electron chi connectivity index (χ0n) is 11.4. The molecule has 0 aliphatic rings. The molecule has 3 aromatic rings. The molecule has 0 aliphatic heterocycles. The summed E-state index contributed by atoms with van der Waals surface area (Å²) in [5.74, 6) is -0.162. The number of pyridine rings is 1. The van der Waals surface area contributed by atoms with Crippen LogP contribution in [0.3, 0.4) is 0 Å². The Balaban J connectivity index is 1.60. The average molecular weight is 348 g/mol. The summed E-state index contributed by atoms with van der Waals surface area (Å²) in [6.45, 7) is 1.32. The molecule has 2 heterocycles. The fourth-order valence-electron chi connectivity index (χ4n) is 2.33. The van der Waals surface area contributed by atoms with E-state index in [-0.39, 0.29) is 5.82 Å². The quantitative estimate of drug-likeness (QED) is 0.689. The van der Waals surface area contributed by atoms with E-state index in [1.165, 1.54) is 11.6 Å². The van der Waals surface area contributed by atoms with Gasteiger partial charge in [-0.25, -0.2) is 9.37 Å². The van der Waals surface area contributed by atoms with Crippen molar-refractivity contribution in [2.24, 2.45) is 0 Å². The minimum absolute atomic E-state index is 0.162. The number of hydrogen-bond donors (Lipinski definition) is 2. The van der Waals surface area contributed by atoms with Crippen LogP contribution in [0.5, 0.6) is 0 Å². The Hall–Kier alpha value is -1.72. The molecule has 108 valence electrons. The summed E-state index contributed by atoms with van der Waals surface area (Å²) >= 11 is 3.44. The summed E-state index contributed by atoms with van der Waals surface area (Å²) in [6.07, 6.45) is 4.63. The molecule has 3 rings (SSSR count). The van der Waals surface area contributed by atoms with Gasteiger partial charge >= 0.3 is 0 Å². The molecule has 0 fully saturated rings. The fourth-order valence-corrected chi connectivity index (χ4v) is 2.66. The van der Waals surface area contributed by atoms with Crippen LogP contribution in [0.1, 0.15) is 11.1 Å². The van der Waals surface area contributed by atoms with Crippen molar-refractivity contribution in [3.63, 3.8) is 0 Å². The standard InChI is InChI=1S/C16H15BrFN3/c17-13-7-14-11(9-20-16(14)21-10-13)5-6-19-8-12-3-1-2-4-15(12)18/h1-4,7,9-10,19H,5-6,8H2,(H,20,21). The molecule has 0 spiro atoms. The smallest absolute Gasteiger partial charge is 0.137 e. The van der Waals surface area contributed by atoms with Gasteiger partial charge in [0.25, 0.3) is 0 Å². The molecule has 2 aromatic heterocycles. The van der Waals surface area contributed by atoms with Crippen LogP contribution in [0, 0.1) is 5.82 Å². The number of H-pyrrole nitrogens is 1. The van der Waals surface area contributed by atoms with E-state index in [2.05, 4.69) is 37.3 Å². The highest BCUT2D eigenvalue weighted by molar-refractivity contribution is 9.10. The number of nitrogens with one attached hydrogen (secondary N) is 2. The minimum atomic E-state index is -0.162. The highest BCUT2D eigenvalue weighted by atomic mass is 79.9. The Morgan fingerprint density at radius 1 is 1.24 bits per heavy atom. The van der Waals surface area contributed by atoms with Crippen LogP contribution < -0.4 is 5.32 Å². The van der Waals surface area contributed by atoms with Crippen molar-refractivity contribution in [2.75, 3.05) is 6.54 Å². The number of hydrogen-bond acceptors (Lipinski definition) is 2. The van der Waals surface area contributed by atoms with Crippen LogP contribution in [-0.2, 0) is 13.0 Å². The van der Waals surface area contributed by atoms with Gasteiger partial charge in [-0.15, -0.1) is 0 Å². The number of nitrogens with zero attached hydrogens (tertiary/aromatic N) is 1. The maximum Gasteiger partial charge on any atom is 0.137 e. The third-order valence-corrected chi connectivity index (χ3v) is 3.86. The summed E-state index contributed by atoms with van der Waals surface area (Å²) in [7, 11) is 0. The average Bonchev–Trinajstić information content (AvgIpc) is 2.88. The normalized spacial score (nSPS) is 11.1. The van der Waals surface area contributed by atoms with Crippen LogP contribution in [0.2, 0.25) is 0 Å². The Labute approximate surface area is 130 Å². The molecule has 5 heteroatoms. The van der Waals surface area contributed by atoms with Gasteiger partial charge in [0.1, 0.15) is 11.5 Å². The van der Waals surface area contributed by atoms with Crippen LogP contribution in [0.15, 0.2) is 47.2 Å². The largest absolute Gasteiger partial charge is 0.346 e. The van der Waals surface area contributed by atoms with E-state index in [0.717, 1.165) is 28.5 Å². The maximum absolute atomic E-state index is 13.5. The predicted octanol–water partition coefficient (Wildman–Crippen LogP) is 3.80. The van der Waals surface area contributed by atoms with Crippen LogP contribution in [0.25, 0.3) is 11.0 Å². The summed E-state index contributed by atoms with van der Waals surface area (Å²) < 4.78 is 14.5. The molecule has 0 atom stereocenters. The lowest BCUT2D eigenvalue weighted by Gasteiger charge is -2.05. The number of aromatic nitrogens is 2. The van der Waals surface area contributed by atoms with Gasteiger partial charge in [-0.1, -0.05) is 18.2 Å². The van der Waals surface area contributed by atoms with Crippen LogP contribution in [0.4, 0.5) is 4.39 Å². The third kappa shape index (κ3) is 3.31. The van der Waals surface area contributed by atoms with Crippen molar-refractivity contribution in [1.29, 1.82) is 0 Å². The van der Waals surface area contributed by atoms with Crippen LogP contribution >= 0.6 is 15.9 Å². The van der Waals surface area contributed by atoms with Crippen molar-refractivity contribution >= 4 is 27.0 Å². The fraction of sp³-hybridized carbons (Fsp3) is 0.188. The summed E-state index contributed by atoms with van der Waals surface area (Å²) in [5.41, 5.74) is 2.79. The number of aromatic amines is 1. The first kappa shape index (κ1) is 14.2. The first-order valence-corrected chi connectivity index (χ1v) is 7.59. The first-order valence-electron chi connectivity index (χ1n) is 6.79. The van der Waals surface area contributed by atoms with E-state index in [9.17, 15) is 4.39 Å². The van der Waals surface area contributed by atoms with E-state index >= 15 is 0 Å². The molecule has 0 radical (unpaired) electrons. The molecule has 21 heavy (non-hydrogen) atoms. The molecule has 0 aliphatic carbocycles. The molecule has 0 amide bonds. The molecular formula is C16H15BrFN3. The van der Waals surface area contributed by atoms with Crippen molar-refractivity contribution in [2.45, 2.75) is 13.0 Å². The lowest BCUT2D eigenvalue weighted by molar-refractivity contribution is 0.588. The first-order chi connectivity index (χ1) is 10.2. The second-order valence-corrected chi connectivity index (χ2v) is 5.80. The zero-order valence-corrected chi connectivity index (χ0v) is 13.0. The van der Waals surface area contributed by atoms with Gasteiger partial charge in [-0.05, 0) is 46.6 Å². The van der Waals surface area contributed by atoms with Gasteiger partial charge in [0.05, 0.1) is 0 Å². The Morgan fingerprint density at radius 2 is 2.10 bits per heavy atom. The van der Waals surface area contributed by atoms with E-state index in [0.29, 0.717) is 12.1 Å². The van der Waals surface area contributed by atoms with Crippen molar-refractivity contribution < 1.29 is 4.39 Å². The van der Waals surface area contributed by atoms with Crippen LogP contribution in [-0.4, -0.2) is 16.5 Å². The third-order valence-electron chi connectivity index (χ3n) is 3.43. The monoisotopic (exact) mass is 347 g/mol. The summed E-state index contributed by atoms with van der Waals surface area (Å²) in [4.78, 5) is 7.48. The van der Waals surface area contributed by atoms with Gasteiger partial charge in [0.2, 0.25) is 0 Å². The van der Waals surface area contributed by atoms with Gasteiger partial charge in [0.15, 0.2) is 0 Å². The molecule has 0 saturated heterocycles.